The zero-order valence-corrected chi connectivity index (χ0v) is 19.3. The fraction of sp³-hybridized carbons (Fsp3) is 0.296. The van der Waals surface area contributed by atoms with Crippen LogP contribution >= 0.6 is 11.6 Å². The van der Waals surface area contributed by atoms with E-state index in [2.05, 4.69) is 23.2 Å². The van der Waals surface area contributed by atoms with Gasteiger partial charge in [-0.25, -0.2) is 0 Å². The maximum Gasteiger partial charge on any atom is 0.227 e. The van der Waals surface area contributed by atoms with Gasteiger partial charge in [0.1, 0.15) is 0 Å². The van der Waals surface area contributed by atoms with Crippen molar-refractivity contribution in [2.75, 3.05) is 13.1 Å². The zero-order valence-electron chi connectivity index (χ0n) is 18.5. The second-order valence-electron chi connectivity index (χ2n) is 8.84. The van der Waals surface area contributed by atoms with Gasteiger partial charge in [0, 0.05) is 47.7 Å². The number of aromatic nitrogens is 1. The minimum Gasteiger partial charge on any atom is -0.397 e. The van der Waals surface area contributed by atoms with E-state index in [1.807, 2.05) is 29.2 Å². The second kappa shape index (κ2) is 9.36. The van der Waals surface area contributed by atoms with Crippen LogP contribution in [0.4, 0.5) is 0 Å². The summed E-state index contributed by atoms with van der Waals surface area (Å²) in [5.41, 5.74) is 13.9. The Labute approximate surface area is 199 Å². The number of piperidine rings is 1. The average Bonchev–Trinajstić information content (AvgIpc) is 3.10. The largest absolute Gasteiger partial charge is 0.397 e. The van der Waals surface area contributed by atoms with Crippen LogP contribution in [-0.4, -0.2) is 34.6 Å². The van der Waals surface area contributed by atoms with Crippen LogP contribution in [0.25, 0.3) is 5.57 Å². The van der Waals surface area contributed by atoms with E-state index in [9.17, 15) is 4.79 Å². The number of nitrogens with two attached hydrogens (primary N) is 1. The van der Waals surface area contributed by atoms with Gasteiger partial charge >= 0.3 is 0 Å². The molecule has 0 spiro atoms. The molecule has 2 N–H and O–H groups in total. The molecule has 1 amide bonds. The molecule has 2 aromatic rings. The molecule has 0 saturated carbocycles. The first-order valence-corrected chi connectivity index (χ1v) is 11.9. The summed E-state index contributed by atoms with van der Waals surface area (Å²) < 4.78 is 0. The van der Waals surface area contributed by atoms with Gasteiger partial charge in [0.15, 0.2) is 0 Å². The summed E-state index contributed by atoms with van der Waals surface area (Å²) >= 11 is 6.35. The summed E-state index contributed by atoms with van der Waals surface area (Å²) in [7, 11) is 0. The van der Waals surface area contributed by atoms with Crippen molar-refractivity contribution in [3.05, 3.63) is 94.1 Å². The topological polar surface area (TPSA) is 71.6 Å². The standard InChI is InChI=1S/C27H27ClN4O/c28-22-4-6-24-21(16-22)2-1-20-3-5-23(29)17-31-27(20)26(24)19-9-13-32(14-10-19)25(33)15-18-7-11-30-12-8-18/h3-8,11-12,16-17,20H,1-2,9-10,13-15,29H2. The highest BCUT2D eigenvalue weighted by molar-refractivity contribution is 6.31. The quantitative estimate of drug-likeness (QED) is 0.707. The lowest BCUT2D eigenvalue weighted by Gasteiger charge is -2.31. The smallest absolute Gasteiger partial charge is 0.227 e. The first-order valence-electron chi connectivity index (χ1n) is 11.5. The number of nitrogens with zero attached hydrogens (tertiary/aromatic N) is 3. The highest BCUT2D eigenvalue weighted by atomic mass is 35.5. The van der Waals surface area contributed by atoms with Crippen molar-refractivity contribution in [3.8, 4) is 0 Å². The predicted octanol–water partition coefficient (Wildman–Crippen LogP) is 4.73. The predicted molar refractivity (Wildman–Crippen MR) is 133 cm³/mol. The Kier molecular flexibility index (Phi) is 6.14. The van der Waals surface area contributed by atoms with Crippen molar-refractivity contribution in [2.45, 2.75) is 32.1 Å². The van der Waals surface area contributed by atoms with Crippen LogP contribution < -0.4 is 5.73 Å². The monoisotopic (exact) mass is 458 g/mol. The Balaban J connectivity index is 1.46. The molecule has 3 aliphatic rings. The van der Waals surface area contributed by atoms with Crippen LogP contribution in [0.15, 0.2) is 77.3 Å². The molecule has 6 heteroatoms. The van der Waals surface area contributed by atoms with Gasteiger partial charge in [0.25, 0.3) is 0 Å². The normalized spacial score (nSPS) is 20.3. The number of carbonyl (C=O) groups excluding carboxylic acids is 1. The third kappa shape index (κ3) is 4.64. The van der Waals surface area contributed by atoms with Crippen LogP contribution in [0.2, 0.25) is 5.02 Å². The number of likely N-dealkylation sites (tertiary alicyclic amines) is 1. The van der Waals surface area contributed by atoms with Gasteiger partial charge in [-0.1, -0.05) is 29.3 Å². The number of hydrogen-bond acceptors (Lipinski definition) is 4. The Hall–Kier alpha value is -3.18. The summed E-state index contributed by atoms with van der Waals surface area (Å²) in [6.07, 6.45) is 13.4. The van der Waals surface area contributed by atoms with Crippen molar-refractivity contribution in [1.29, 1.82) is 0 Å². The molecular formula is C27H27ClN4O. The summed E-state index contributed by atoms with van der Waals surface area (Å²) in [5.74, 6) is 0.379. The van der Waals surface area contributed by atoms with Crippen molar-refractivity contribution in [3.63, 3.8) is 0 Å². The maximum absolute atomic E-state index is 12.9. The van der Waals surface area contributed by atoms with E-state index in [4.69, 9.17) is 22.3 Å². The molecule has 168 valence electrons. The molecule has 0 radical (unpaired) electrons. The lowest BCUT2D eigenvalue weighted by Crippen LogP contribution is -2.37. The van der Waals surface area contributed by atoms with E-state index in [1.165, 1.54) is 22.3 Å². The number of aryl methyl sites for hydroxylation is 1. The third-order valence-electron chi connectivity index (χ3n) is 6.72. The zero-order chi connectivity index (χ0) is 22.8. The van der Waals surface area contributed by atoms with Gasteiger partial charge in [-0.3, -0.25) is 14.8 Å². The molecule has 33 heavy (non-hydrogen) atoms. The summed E-state index contributed by atoms with van der Waals surface area (Å²) in [5, 5.41) is 0.762. The first-order chi connectivity index (χ1) is 16.1. The van der Waals surface area contributed by atoms with Gasteiger partial charge in [-0.15, -0.1) is 0 Å². The molecule has 1 fully saturated rings. The Morgan fingerprint density at radius 2 is 1.91 bits per heavy atom. The number of rotatable bonds is 2. The van der Waals surface area contributed by atoms with Crippen LogP contribution in [-0.2, 0) is 17.6 Å². The van der Waals surface area contributed by atoms with Crippen LogP contribution in [0.5, 0.6) is 0 Å². The highest BCUT2D eigenvalue weighted by Crippen LogP contribution is 2.38. The number of allylic oxidation sites excluding steroid dienone is 3. The fourth-order valence-electron chi connectivity index (χ4n) is 4.98. The SMILES string of the molecule is NC1=CN=C2C(=C3CCN(C(=O)Cc4ccncc4)CC3)c3ccc(Cl)cc3CCC2C=C1. The van der Waals surface area contributed by atoms with Crippen LogP contribution in [0, 0.1) is 5.92 Å². The van der Waals surface area contributed by atoms with Crippen molar-refractivity contribution < 1.29 is 4.79 Å². The molecule has 1 saturated heterocycles. The number of pyridine rings is 1. The molecule has 2 aliphatic heterocycles. The number of fused-ring (bicyclic) bond motifs is 2. The molecule has 1 atom stereocenters. The Bertz CT molecular complexity index is 1190. The number of halogens is 1. The van der Waals surface area contributed by atoms with Crippen molar-refractivity contribution >= 4 is 28.8 Å². The maximum atomic E-state index is 12.9. The highest BCUT2D eigenvalue weighted by Gasteiger charge is 2.30. The van der Waals surface area contributed by atoms with Crippen LogP contribution in [0.1, 0.15) is 36.0 Å². The summed E-state index contributed by atoms with van der Waals surface area (Å²) in [6.45, 7) is 1.44. The molecule has 5 rings (SSSR count). The third-order valence-corrected chi connectivity index (χ3v) is 6.96. The van der Waals surface area contributed by atoms with Gasteiger partial charge in [-0.2, -0.15) is 0 Å². The number of benzene rings is 1. The lowest BCUT2D eigenvalue weighted by molar-refractivity contribution is -0.130. The number of amides is 1. The number of hydrogen-bond donors (Lipinski definition) is 1. The molecule has 1 aliphatic carbocycles. The fourth-order valence-corrected chi connectivity index (χ4v) is 5.18. The molecule has 1 aromatic carbocycles. The van der Waals surface area contributed by atoms with E-state index >= 15 is 0 Å². The summed E-state index contributed by atoms with van der Waals surface area (Å²) in [6, 6.07) is 9.99. The Morgan fingerprint density at radius 3 is 2.70 bits per heavy atom. The van der Waals surface area contributed by atoms with E-state index in [0.717, 1.165) is 55.1 Å². The van der Waals surface area contributed by atoms with Gasteiger partial charge in [0.05, 0.1) is 18.3 Å². The summed E-state index contributed by atoms with van der Waals surface area (Å²) in [4.78, 5) is 23.8. The second-order valence-corrected chi connectivity index (χ2v) is 9.28. The van der Waals surface area contributed by atoms with Gasteiger partial charge in [-0.05, 0) is 72.7 Å². The molecular weight excluding hydrogens is 432 g/mol. The molecule has 5 nitrogen and oxygen atoms in total. The van der Waals surface area contributed by atoms with E-state index in [-0.39, 0.29) is 11.8 Å². The van der Waals surface area contributed by atoms with E-state index in [0.29, 0.717) is 12.1 Å². The number of aliphatic imine (C=N–C) groups is 1. The van der Waals surface area contributed by atoms with Crippen LogP contribution in [0.3, 0.4) is 0 Å². The van der Waals surface area contributed by atoms with E-state index < -0.39 is 0 Å². The molecule has 3 heterocycles. The first kappa shape index (κ1) is 21.7. The van der Waals surface area contributed by atoms with Crippen molar-refractivity contribution in [1.82, 2.24) is 9.88 Å². The average molecular weight is 459 g/mol. The Morgan fingerprint density at radius 1 is 1.12 bits per heavy atom. The molecule has 1 aromatic heterocycles. The van der Waals surface area contributed by atoms with E-state index in [1.54, 1.807) is 18.6 Å². The molecule has 1 unspecified atom stereocenters. The lowest BCUT2D eigenvalue weighted by atomic mass is 9.85. The molecule has 0 bridgehead atoms. The number of carbonyl (C=O) groups is 1. The minimum atomic E-state index is 0.168. The minimum absolute atomic E-state index is 0.168. The van der Waals surface area contributed by atoms with Gasteiger partial charge in [0.2, 0.25) is 5.91 Å². The van der Waals surface area contributed by atoms with Crippen molar-refractivity contribution in [2.24, 2.45) is 16.6 Å². The van der Waals surface area contributed by atoms with Gasteiger partial charge < -0.3 is 10.6 Å².